The number of nitrogens with two attached hydrogens (primary N) is 1. The maximum atomic E-state index is 6.04. The molecule has 3 N–H and O–H groups in total. The van der Waals surface area contributed by atoms with Gasteiger partial charge in [-0.2, -0.15) is 0 Å². The third-order valence-corrected chi connectivity index (χ3v) is 3.54. The predicted molar refractivity (Wildman–Crippen MR) is 82.0 cm³/mol. The third kappa shape index (κ3) is 3.85. The average molecular weight is 279 g/mol. The number of likely N-dealkylation sites (N-methyl/N-ethyl adjacent to an activating group) is 1. The van der Waals surface area contributed by atoms with Crippen molar-refractivity contribution in [2.75, 3.05) is 51.5 Å². The normalized spacial score (nSPS) is 21.6. The van der Waals surface area contributed by atoms with Gasteiger partial charge in [-0.25, -0.2) is 0 Å². The molecule has 1 aliphatic rings. The summed E-state index contributed by atoms with van der Waals surface area (Å²) >= 11 is 0. The second kappa shape index (κ2) is 6.92. The van der Waals surface area contributed by atoms with Crippen molar-refractivity contribution in [1.82, 2.24) is 4.90 Å². The van der Waals surface area contributed by atoms with Crippen LogP contribution in [-0.2, 0) is 9.47 Å². The Morgan fingerprint density at radius 2 is 2.35 bits per heavy atom. The summed E-state index contributed by atoms with van der Waals surface area (Å²) in [5.74, 6) is 0. The molecule has 2 rings (SSSR count). The molecule has 0 aromatic heterocycles. The summed E-state index contributed by atoms with van der Waals surface area (Å²) in [5, 5.41) is 3.38. The van der Waals surface area contributed by atoms with E-state index in [4.69, 9.17) is 15.2 Å². The number of nitrogens with one attached hydrogen (secondary N) is 1. The maximum absolute atomic E-state index is 6.04. The first-order valence-electron chi connectivity index (χ1n) is 7.05. The highest BCUT2D eigenvalue weighted by atomic mass is 16.5. The Labute approximate surface area is 121 Å². The summed E-state index contributed by atoms with van der Waals surface area (Å²) < 4.78 is 11.0. The number of hydrogen-bond donors (Lipinski definition) is 2. The van der Waals surface area contributed by atoms with Gasteiger partial charge < -0.3 is 25.4 Å². The first-order chi connectivity index (χ1) is 9.60. The van der Waals surface area contributed by atoms with Gasteiger partial charge in [0, 0.05) is 26.2 Å². The Morgan fingerprint density at radius 1 is 1.55 bits per heavy atom. The van der Waals surface area contributed by atoms with E-state index in [1.807, 2.05) is 12.1 Å². The molecule has 5 nitrogen and oxygen atoms in total. The smallest absolute Gasteiger partial charge is 0.0953 e. The fraction of sp³-hybridized carbons (Fsp3) is 0.600. The van der Waals surface area contributed by atoms with E-state index in [0.717, 1.165) is 36.6 Å². The molecule has 0 saturated carbocycles. The highest BCUT2D eigenvalue weighted by Gasteiger charge is 2.20. The highest BCUT2D eigenvalue weighted by Crippen LogP contribution is 2.28. The van der Waals surface area contributed by atoms with Crippen LogP contribution in [0.25, 0.3) is 0 Å². The molecule has 1 heterocycles. The zero-order valence-corrected chi connectivity index (χ0v) is 12.6. The minimum absolute atomic E-state index is 0.118. The van der Waals surface area contributed by atoms with Gasteiger partial charge in [-0.05, 0) is 31.7 Å². The lowest BCUT2D eigenvalue weighted by atomic mass is 10.1. The number of nitrogens with zero attached hydrogens (tertiary/aromatic N) is 1. The Bertz CT molecular complexity index is 439. The molecule has 0 amide bonds. The van der Waals surface area contributed by atoms with Crippen LogP contribution in [-0.4, -0.2) is 51.4 Å². The van der Waals surface area contributed by atoms with Crippen molar-refractivity contribution >= 4 is 11.4 Å². The van der Waals surface area contributed by atoms with Crippen LogP contribution in [0.1, 0.15) is 18.6 Å². The van der Waals surface area contributed by atoms with Crippen molar-refractivity contribution in [2.24, 2.45) is 0 Å². The van der Waals surface area contributed by atoms with Crippen LogP contribution in [0.15, 0.2) is 18.2 Å². The van der Waals surface area contributed by atoms with E-state index in [0.29, 0.717) is 6.61 Å². The summed E-state index contributed by atoms with van der Waals surface area (Å²) in [5.41, 5.74) is 8.90. The van der Waals surface area contributed by atoms with E-state index < -0.39 is 0 Å². The van der Waals surface area contributed by atoms with E-state index in [2.05, 4.69) is 30.3 Å². The van der Waals surface area contributed by atoms with Crippen LogP contribution in [0, 0.1) is 0 Å². The molecular weight excluding hydrogens is 254 g/mol. The van der Waals surface area contributed by atoms with E-state index in [1.165, 1.54) is 0 Å². The third-order valence-electron chi connectivity index (χ3n) is 3.54. The van der Waals surface area contributed by atoms with Crippen molar-refractivity contribution in [3.63, 3.8) is 0 Å². The average Bonchev–Trinajstić information content (AvgIpc) is 2.41. The van der Waals surface area contributed by atoms with Crippen molar-refractivity contribution in [1.29, 1.82) is 0 Å². The fourth-order valence-corrected chi connectivity index (χ4v) is 2.44. The van der Waals surface area contributed by atoms with Crippen molar-refractivity contribution in [2.45, 2.75) is 19.1 Å². The largest absolute Gasteiger partial charge is 0.397 e. The minimum Gasteiger partial charge on any atom is -0.397 e. The Balaban J connectivity index is 2.11. The molecule has 1 unspecified atom stereocenters. The summed E-state index contributed by atoms with van der Waals surface area (Å²) in [6, 6.07) is 6.29. The molecule has 0 spiro atoms. The number of nitrogen functional groups attached to an aromatic ring is 1. The van der Waals surface area contributed by atoms with Gasteiger partial charge in [-0.3, -0.25) is 0 Å². The van der Waals surface area contributed by atoms with E-state index in [1.54, 1.807) is 7.11 Å². The zero-order valence-electron chi connectivity index (χ0n) is 12.6. The SMILES string of the molecule is COC[C@H](C)Nc1cc(C2CN(C)CCO2)ccc1N. The molecule has 1 saturated heterocycles. The Hall–Kier alpha value is -1.30. The number of rotatable bonds is 5. The van der Waals surface area contributed by atoms with Crippen LogP contribution in [0.4, 0.5) is 11.4 Å². The molecule has 1 fully saturated rings. The number of hydrogen-bond acceptors (Lipinski definition) is 5. The number of anilines is 2. The Kier molecular flexibility index (Phi) is 5.23. The number of benzene rings is 1. The van der Waals surface area contributed by atoms with E-state index in [9.17, 15) is 0 Å². The van der Waals surface area contributed by atoms with Gasteiger partial charge >= 0.3 is 0 Å². The van der Waals surface area contributed by atoms with Gasteiger partial charge in [-0.1, -0.05) is 6.07 Å². The molecule has 20 heavy (non-hydrogen) atoms. The van der Waals surface area contributed by atoms with Gasteiger partial charge in [0.1, 0.15) is 0 Å². The molecule has 0 bridgehead atoms. The second-order valence-corrected chi connectivity index (χ2v) is 5.47. The molecule has 0 radical (unpaired) electrons. The van der Waals surface area contributed by atoms with Gasteiger partial charge in [-0.15, -0.1) is 0 Å². The summed E-state index contributed by atoms with van der Waals surface area (Å²) in [4.78, 5) is 2.28. The van der Waals surface area contributed by atoms with Crippen LogP contribution >= 0.6 is 0 Å². The first kappa shape index (κ1) is 15.1. The topological polar surface area (TPSA) is 59.8 Å². The molecule has 1 aromatic rings. The molecule has 2 atom stereocenters. The number of morpholine rings is 1. The Morgan fingerprint density at radius 3 is 3.05 bits per heavy atom. The standard InChI is InChI=1S/C15H25N3O2/c1-11(10-19-3)17-14-8-12(4-5-13(14)16)15-9-18(2)6-7-20-15/h4-5,8,11,15,17H,6-7,9-10,16H2,1-3H3/t11-,15?/m0/s1. The molecule has 0 aliphatic carbocycles. The molecule has 5 heteroatoms. The summed E-state index contributed by atoms with van der Waals surface area (Å²) in [7, 11) is 3.82. The number of ether oxygens (including phenoxy) is 2. The van der Waals surface area contributed by atoms with E-state index >= 15 is 0 Å². The zero-order chi connectivity index (χ0) is 14.5. The summed E-state index contributed by atoms with van der Waals surface area (Å²) in [6.07, 6.45) is 0.118. The monoisotopic (exact) mass is 279 g/mol. The predicted octanol–water partition coefficient (Wildman–Crippen LogP) is 1.72. The quantitative estimate of drug-likeness (QED) is 0.804. The lowest BCUT2D eigenvalue weighted by Gasteiger charge is -2.30. The highest BCUT2D eigenvalue weighted by molar-refractivity contribution is 5.67. The van der Waals surface area contributed by atoms with Gasteiger partial charge in [0.25, 0.3) is 0 Å². The van der Waals surface area contributed by atoms with Crippen LogP contribution in [0.3, 0.4) is 0 Å². The van der Waals surface area contributed by atoms with Crippen molar-refractivity contribution in [3.8, 4) is 0 Å². The van der Waals surface area contributed by atoms with Crippen LogP contribution < -0.4 is 11.1 Å². The minimum atomic E-state index is 0.118. The van der Waals surface area contributed by atoms with E-state index in [-0.39, 0.29) is 12.1 Å². The fourth-order valence-electron chi connectivity index (χ4n) is 2.44. The van der Waals surface area contributed by atoms with Crippen molar-refractivity contribution in [3.05, 3.63) is 23.8 Å². The van der Waals surface area contributed by atoms with Gasteiger partial charge in [0.2, 0.25) is 0 Å². The number of methoxy groups -OCH3 is 1. The molecule has 1 aromatic carbocycles. The molecule has 112 valence electrons. The maximum Gasteiger partial charge on any atom is 0.0953 e. The van der Waals surface area contributed by atoms with Crippen LogP contribution in [0.2, 0.25) is 0 Å². The summed E-state index contributed by atoms with van der Waals surface area (Å²) in [6.45, 7) is 5.39. The van der Waals surface area contributed by atoms with Crippen molar-refractivity contribution < 1.29 is 9.47 Å². The van der Waals surface area contributed by atoms with Gasteiger partial charge in [0.05, 0.1) is 30.7 Å². The lowest BCUT2D eigenvalue weighted by molar-refractivity contribution is -0.0208. The van der Waals surface area contributed by atoms with Gasteiger partial charge in [0.15, 0.2) is 0 Å². The second-order valence-electron chi connectivity index (χ2n) is 5.47. The molecular formula is C15H25N3O2. The first-order valence-corrected chi connectivity index (χ1v) is 7.05. The lowest BCUT2D eigenvalue weighted by Crippen LogP contribution is -2.35. The van der Waals surface area contributed by atoms with Crippen LogP contribution in [0.5, 0.6) is 0 Å². The molecule has 1 aliphatic heterocycles.